The summed E-state index contributed by atoms with van der Waals surface area (Å²) in [6.45, 7) is 2.05. The number of nitrogens with one attached hydrogen (secondary N) is 1. The molecule has 0 atom stereocenters. The summed E-state index contributed by atoms with van der Waals surface area (Å²) in [5.74, 6) is -1.50. The molecule has 0 saturated heterocycles. The van der Waals surface area contributed by atoms with E-state index in [4.69, 9.17) is 14.2 Å². The molecular formula is C20H21NO6. The van der Waals surface area contributed by atoms with E-state index in [1.165, 1.54) is 0 Å². The van der Waals surface area contributed by atoms with E-state index in [1.54, 1.807) is 62.6 Å². The monoisotopic (exact) mass is 371 g/mol. The number of rotatable bonds is 8. The summed E-state index contributed by atoms with van der Waals surface area (Å²) in [5, 5.41) is 2.59. The summed E-state index contributed by atoms with van der Waals surface area (Å²) in [4.78, 5) is 35.5. The van der Waals surface area contributed by atoms with Crippen LogP contribution in [0.2, 0.25) is 0 Å². The topological polar surface area (TPSA) is 90.9 Å². The fourth-order valence-corrected chi connectivity index (χ4v) is 2.22. The molecule has 0 heterocycles. The SMILES string of the molecule is CCOC(=O)c1ccc(NC(=O)COC(=O)c2ccc(COC)cc2)cc1. The molecule has 7 nitrogen and oxygen atoms in total. The van der Waals surface area contributed by atoms with Crippen molar-refractivity contribution in [1.29, 1.82) is 0 Å². The Morgan fingerprint density at radius 3 is 1.96 bits per heavy atom. The van der Waals surface area contributed by atoms with Gasteiger partial charge in [-0.25, -0.2) is 9.59 Å². The minimum Gasteiger partial charge on any atom is -0.462 e. The van der Waals surface area contributed by atoms with Gasteiger partial charge in [-0.2, -0.15) is 0 Å². The van der Waals surface area contributed by atoms with E-state index in [9.17, 15) is 14.4 Å². The van der Waals surface area contributed by atoms with Gasteiger partial charge in [-0.1, -0.05) is 12.1 Å². The van der Waals surface area contributed by atoms with Gasteiger partial charge >= 0.3 is 11.9 Å². The van der Waals surface area contributed by atoms with Gasteiger partial charge in [0.2, 0.25) is 0 Å². The average Bonchev–Trinajstić information content (AvgIpc) is 2.68. The summed E-state index contributed by atoms with van der Waals surface area (Å²) < 4.78 is 14.9. The average molecular weight is 371 g/mol. The minimum atomic E-state index is -0.591. The molecule has 2 rings (SSSR count). The van der Waals surface area contributed by atoms with Gasteiger partial charge in [0.15, 0.2) is 6.61 Å². The Labute approximate surface area is 157 Å². The lowest BCUT2D eigenvalue weighted by Gasteiger charge is -2.08. The van der Waals surface area contributed by atoms with Crippen molar-refractivity contribution < 1.29 is 28.6 Å². The predicted molar refractivity (Wildman–Crippen MR) is 98.5 cm³/mol. The van der Waals surface area contributed by atoms with Crippen molar-refractivity contribution in [3.8, 4) is 0 Å². The van der Waals surface area contributed by atoms with E-state index in [2.05, 4.69) is 5.32 Å². The molecule has 0 aliphatic rings. The largest absolute Gasteiger partial charge is 0.462 e. The number of hydrogen-bond donors (Lipinski definition) is 1. The van der Waals surface area contributed by atoms with E-state index in [1.807, 2.05) is 0 Å². The standard InChI is InChI=1S/C20H21NO6/c1-3-26-19(23)16-8-10-17(11-9-16)21-18(22)13-27-20(24)15-6-4-14(5-7-15)12-25-2/h4-11H,3,12-13H2,1-2H3,(H,21,22). The van der Waals surface area contributed by atoms with Crippen LogP contribution in [0.3, 0.4) is 0 Å². The Balaban J connectivity index is 1.83. The summed E-state index contributed by atoms with van der Waals surface area (Å²) in [5.41, 5.74) is 2.14. The number of carbonyl (C=O) groups excluding carboxylic acids is 3. The van der Waals surface area contributed by atoms with Gasteiger partial charge in [-0.3, -0.25) is 4.79 Å². The Morgan fingerprint density at radius 2 is 1.41 bits per heavy atom. The first-order chi connectivity index (χ1) is 13.0. The zero-order chi connectivity index (χ0) is 19.6. The molecule has 0 bridgehead atoms. The summed E-state index contributed by atoms with van der Waals surface area (Å²) in [6.07, 6.45) is 0. The molecule has 1 amide bonds. The van der Waals surface area contributed by atoms with Gasteiger partial charge in [0, 0.05) is 12.8 Å². The first kappa shape index (κ1) is 20.1. The minimum absolute atomic E-state index is 0.289. The molecule has 0 saturated carbocycles. The molecule has 142 valence electrons. The van der Waals surface area contributed by atoms with Crippen LogP contribution in [0.5, 0.6) is 0 Å². The molecule has 0 unspecified atom stereocenters. The van der Waals surface area contributed by atoms with Crippen LogP contribution in [0.1, 0.15) is 33.2 Å². The maximum atomic E-state index is 12.0. The van der Waals surface area contributed by atoms with Crippen molar-refractivity contribution in [2.75, 3.05) is 25.6 Å². The van der Waals surface area contributed by atoms with Crippen LogP contribution in [-0.4, -0.2) is 38.2 Å². The Morgan fingerprint density at radius 1 is 0.852 bits per heavy atom. The molecule has 2 aromatic rings. The zero-order valence-corrected chi connectivity index (χ0v) is 15.2. The Bertz CT molecular complexity index is 783. The van der Waals surface area contributed by atoms with Crippen molar-refractivity contribution >= 4 is 23.5 Å². The normalized spacial score (nSPS) is 10.1. The maximum absolute atomic E-state index is 12.0. The second-order valence-electron chi connectivity index (χ2n) is 5.55. The highest BCUT2D eigenvalue weighted by molar-refractivity contribution is 5.96. The number of ether oxygens (including phenoxy) is 3. The van der Waals surface area contributed by atoms with Crippen molar-refractivity contribution in [2.45, 2.75) is 13.5 Å². The van der Waals surface area contributed by atoms with Crippen LogP contribution in [0.4, 0.5) is 5.69 Å². The lowest BCUT2D eigenvalue weighted by molar-refractivity contribution is -0.119. The molecule has 0 fully saturated rings. The third-order valence-electron chi connectivity index (χ3n) is 3.51. The number of methoxy groups -OCH3 is 1. The highest BCUT2D eigenvalue weighted by Gasteiger charge is 2.11. The van der Waals surface area contributed by atoms with Crippen molar-refractivity contribution in [2.24, 2.45) is 0 Å². The van der Waals surface area contributed by atoms with E-state index >= 15 is 0 Å². The van der Waals surface area contributed by atoms with Crippen LogP contribution >= 0.6 is 0 Å². The number of amides is 1. The molecule has 7 heteroatoms. The third-order valence-corrected chi connectivity index (χ3v) is 3.51. The smallest absolute Gasteiger partial charge is 0.338 e. The van der Waals surface area contributed by atoms with Crippen molar-refractivity contribution in [3.05, 3.63) is 65.2 Å². The third kappa shape index (κ3) is 6.23. The van der Waals surface area contributed by atoms with Crippen LogP contribution in [0, 0.1) is 0 Å². The predicted octanol–water partition coefficient (Wildman–Crippen LogP) is 2.81. The summed E-state index contributed by atoms with van der Waals surface area (Å²) in [7, 11) is 1.59. The fraction of sp³-hybridized carbons (Fsp3) is 0.250. The fourth-order valence-electron chi connectivity index (χ4n) is 2.22. The van der Waals surface area contributed by atoms with Crippen molar-refractivity contribution in [3.63, 3.8) is 0 Å². The molecule has 27 heavy (non-hydrogen) atoms. The number of hydrogen-bond acceptors (Lipinski definition) is 6. The summed E-state index contributed by atoms with van der Waals surface area (Å²) >= 11 is 0. The first-order valence-corrected chi connectivity index (χ1v) is 8.35. The number of carbonyl (C=O) groups is 3. The molecule has 0 spiro atoms. The quantitative estimate of drug-likeness (QED) is 0.718. The second-order valence-corrected chi connectivity index (χ2v) is 5.55. The van der Waals surface area contributed by atoms with E-state index in [0.717, 1.165) is 5.56 Å². The van der Waals surface area contributed by atoms with Gasteiger partial charge in [-0.15, -0.1) is 0 Å². The second kappa shape index (κ2) is 10.1. The van der Waals surface area contributed by atoms with Crippen LogP contribution < -0.4 is 5.32 Å². The lowest BCUT2D eigenvalue weighted by atomic mass is 10.1. The van der Waals surface area contributed by atoms with Gasteiger partial charge in [0.05, 0.1) is 24.3 Å². The van der Waals surface area contributed by atoms with Crippen LogP contribution in [0.15, 0.2) is 48.5 Å². The Hall–Kier alpha value is -3.19. The molecule has 0 aromatic heterocycles. The summed E-state index contributed by atoms with van der Waals surface area (Å²) in [6, 6.07) is 13.0. The van der Waals surface area contributed by atoms with Gasteiger partial charge in [-0.05, 0) is 48.9 Å². The highest BCUT2D eigenvalue weighted by atomic mass is 16.5. The van der Waals surface area contributed by atoms with E-state index in [0.29, 0.717) is 23.4 Å². The zero-order valence-electron chi connectivity index (χ0n) is 15.2. The number of anilines is 1. The molecular weight excluding hydrogens is 350 g/mol. The molecule has 0 aliphatic heterocycles. The Kier molecular flexibility index (Phi) is 7.51. The first-order valence-electron chi connectivity index (χ1n) is 8.35. The van der Waals surface area contributed by atoms with Gasteiger partial charge in [0.1, 0.15) is 0 Å². The maximum Gasteiger partial charge on any atom is 0.338 e. The van der Waals surface area contributed by atoms with E-state index < -0.39 is 24.5 Å². The van der Waals surface area contributed by atoms with Gasteiger partial charge in [0.25, 0.3) is 5.91 Å². The van der Waals surface area contributed by atoms with E-state index in [-0.39, 0.29) is 6.61 Å². The van der Waals surface area contributed by atoms with Crippen molar-refractivity contribution in [1.82, 2.24) is 0 Å². The number of benzene rings is 2. The number of esters is 2. The van der Waals surface area contributed by atoms with Crippen LogP contribution in [0.25, 0.3) is 0 Å². The van der Waals surface area contributed by atoms with Crippen LogP contribution in [-0.2, 0) is 25.6 Å². The molecule has 0 radical (unpaired) electrons. The molecule has 2 aromatic carbocycles. The molecule has 1 N–H and O–H groups in total. The molecule has 0 aliphatic carbocycles. The highest BCUT2D eigenvalue weighted by Crippen LogP contribution is 2.11. The van der Waals surface area contributed by atoms with Gasteiger partial charge < -0.3 is 19.5 Å². The lowest BCUT2D eigenvalue weighted by Crippen LogP contribution is -2.21.